The second-order valence-corrected chi connectivity index (χ2v) is 5.23. The number of benzene rings is 1. The number of morpholine rings is 1. The number of hydrogen-bond donors (Lipinski definition) is 0. The van der Waals surface area contributed by atoms with E-state index in [1.165, 1.54) is 5.56 Å². The number of carbonyl (C=O) groups is 2. The van der Waals surface area contributed by atoms with Crippen LogP contribution in [0, 0.1) is 5.92 Å². The minimum Gasteiger partial charge on any atom is -0.393 e. The molecule has 20 heavy (non-hydrogen) atoms. The van der Waals surface area contributed by atoms with Gasteiger partial charge in [0.1, 0.15) is 0 Å². The first-order chi connectivity index (χ1) is 9.72. The molecule has 0 spiro atoms. The van der Waals surface area contributed by atoms with Gasteiger partial charge in [-0.1, -0.05) is 30.3 Å². The fourth-order valence-electron chi connectivity index (χ4n) is 2.74. The molecule has 0 radical (unpaired) electrons. The molecule has 2 aliphatic rings. The van der Waals surface area contributed by atoms with E-state index in [4.69, 9.17) is 4.74 Å². The van der Waals surface area contributed by atoms with Gasteiger partial charge >= 0.3 is 11.9 Å². The summed E-state index contributed by atoms with van der Waals surface area (Å²) in [6, 6.07) is 10.2. The summed E-state index contributed by atoms with van der Waals surface area (Å²) in [6.45, 7) is 2.90. The minimum atomic E-state index is -0.443. The third-order valence-corrected chi connectivity index (χ3v) is 3.78. The van der Waals surface area contributed by atoms with Crippen molar-refractivity contribution in [2.24, 2.45) is 5.92 Å². The van der Waals surface area contributed by atoms with Gasteiger partial charge in [0.2, 0.25) is 0 Å². The lowest BCUT2D eigenvalue weighted by molar-refractivity contribution is -0.155. The molecule has 0 aromatic heterocycles. The Morgan fingerprint density at radius 2 is 2.00 bits per heavy atom. The highest BCUT2D eigenvalue weighted by atomic mass is 16.6. The van der Waals surface area contributed by atoms with Crippen molar-refractivity contribution in [1.29, 1.82) is 0 Å². The molecule has 2 unspecified atom stereocenters. The molecular formula is C15H17NO4. The van der Waals surface area contributed by atoms with Gasteiger partial charge in [-0.3, -0.25) is 14.5 Å². The third-order valence-electron chi connectivity index (χ3n) is 3.78. The fourth-order valence-corrected chi connectivity index (χ4v) is 2.74. The molecule has 0 saturated carbocycles. The quantitative estimate of drug-likeness (QED) is 0.608. The lowest BCUT2D eigenvalue weighted by atomic mass is 9.99. The molecule has 0 aliphatic carbocycles. The molecule has 5 nitrogen and oxygen atoms in total. The Kier molecular flexibility index (Phi) is 3.80. The Morgan fingerprint density at radius 1 is 1.20 bits per heavy atom. The summed E-state index contributed by atoms with van der Waals surface area (Å²) >= 11 is 0. The standard InChI is InChI=1S/C15H17NO4/c17-14-8-12(15(18)20-14)13-10-16(6-7-19-13)9-11-4-2-1-3-5-11/h1-5,12-13H,6-10H2. The highest BCUT2D eigenvalue weighted by Crippen LogP contribution is 2.25. The average Bonchev–Trinajstić information content (AvgIpc) is 2.79. The van der Waals surface area contributed by atoms with E-state index in [0.717, 1.165) is 13.1 Å². The van der Waals surface area contributed by atoms with Crippen molar-refractivity contribution in [3.63, 3.8) is 0 Å². The maximum absolute atomic E-state index is 11.6. The predicted octanol–water partition coefficient (Wildman–Crippen LogP) is 0.977. The van der Waals surface area contributed by atoms with Crippen LogP contribution in [0.3, 0.4) is 0 Å². The van der Waals surface area contributed by atoms with Gasteiger partial charge < -0.3 is 9.47 Å². The van der Waals surface area contributed by atoms with E-state index >= 15 is 0 Å². The normalized spacial score (nSPS) is 27.6. The third kappa shape index (κ3) is 2.89. The van der Waals surface area contributed by atoms with Crippen LogP contribution in [-0.2, 0) is 25.6 Å². The SMILES string of the molecule is O=C1CC(C2CN(Cc3ccccc3)CCO2)C(=O)O1. The number of cyclic esters (lactones) is 2. The lowest BCUT2D eigenvalue weighted by Crippen LogP contribution is -2.46. The number of ether oxygens (including phenoxy) is 2. The second kappa shape index (κ2) is 5.73. The van der Waals surface area contributed by atoms with Gasteiger partial charge in [-0.25, -0.2) is 0 Å². The van der Waals surface area contributed by atoms with Crippen molar-refractivity contribution < 1.29 is 19.1 Å². The molecule has 2 saturated heterocycles. The molecule has 2 heterocycles. The van der Waals surface area contributed by atoms with Crippen LogP contribution in [0.2, 0.25) is 0 Å². The molecule has 0 N–H and O–H groups in total. The van der Waals surface area contributed by atoms with Gasteiger partial charge in [0.15, 0.2) is 0 Å². The summed E-state index contributed by atoms with van der Waals surface area (Å²) in [5.41, 5.74) is 1.23. The van der Waals surface area contributed by atoms with Crippen LogP contribution in [0.25, 0.3) is 0 Å². The van der Waals surface area contributed by atoms with Crippen LogP contribution >= 0.6 is 0 Å². The zero-order valence-electron chi connectivity index (χ0n) is 11.2. The zero-order chi connectivity index (χ0) is 13.9. The van der Waals surface area contributed by atoms with E-state index in [0.29, 0.717) is 13.2 Å². The number of carbonyl (C=O) groups excluding carboxylic acids is 2. The lowest BCUT2D eigenvalue weighted by Gasteiger charge is -2.34. The number of hydrogen-bond acceptors (Lipinski definition) is 5. The van der Waals surface area contributed by atoms with Crippen LogP contribution in [0.5, 0.6) is 0 Å². The molecule has 0 bridgehead atoms. The van der Waals surface area contributed by atoms with Crippen LogP contribution in [-0.4, -0.2) is 42.6 Å². The Hall–Kier alpha value is -1.72. The highest BCUT2D eigenvalue weighted by Gasteiger charge is 2.41. The first-order valence-corrected chi connectivity index (χ1v) is 6.85. The number of rotatable bonds is 3. The Balaban J connectivity index is 1.62. The maximum Gasteiger partial charge on any atom is 0.319 e. The van der Waals surface area contributed by atoms with Crippen molar-refractivity contribution in [3.8, 4) is 0 Å². The second-order valence-electron chi connectivity index (χ2n) is 5.23. The van der Waals surface area contributed by atoms with Gasteiger partial charge in [-0.15, -0.1) is 0 Å². The van der Waals surface area contributed by atoms with E-state index in [1.54, 1.807) is 0 Å². The van der Waals surface area contributed by atoms with Crippen LogP contribution in [0.1, 0.15) is 12.0 Å². The molecule has 106 valence electrons. The topological polar surface area (TPSA) is 55.8 Å². The van der Waals surface area contributed by atoms with E-state index in [2.05, 4.69) is 21.8 Å². The van der Waals surface area contributed by atoms with Crippen molar-refractivity contribution in [2.45, 2.75) is 19.1 Å². The summed E-state index contributed by atoms with van der Waals surface area (Å²) in [7, 11) is 0. The van der Waals surface area contributed by atoms with Gasteiger partial charge in [0, 0.05) is 19.6 Å². The Morgan fingerprint density at radius 3 is 2.70 bits per heavy atom. The molecule has 2 atom stereocenters. The first-order valence-electron chi connectivity index (χ1n) is 6.85. The summed E-state index contributed by atoms with van der Waals surface area (Å²) in [6.07, 6.45) is -0.103. The number of nitrogens with zero attached hydrogens (tertiary/aromatic N) is 1. The molecular weight excluding hydrogens is 258 g/mol. The molecule has 1 aromatic carbocycles. The maximum atomic E-state index is 11.6. The fraction of sp³-hybridized carbons (Fsp3) is 0.467. The smallest absolute Gasteiger partial charge is 0.319 e. The molecule has 5 heteroatoms. The molecule has 2 fully saturated rings. The minimum absolute atomic E-state index is 0.142. The molecule has 2 aliphatic heterocycles. The van der Waals surface area contributed by atoms with Gasteiger partial charge in [-0.05, 0) is 5.56 Å². The van der Waals surface area contributed by atoms with Crippen LogP contribution in [0.4, 0.5) is 0 Å². The summed E-state index contributed by atoms with van der Waals surface area (Å²) in [5.74, 6) is -1.33. The summed E-state index contributed by atoms with van der Waals surface area (Å²) < 4.78 is 10.3. The van der Waals surface area contributed by atoms with Crippen molar-refractivity contribution in [1.82, 2.24) is 4.90 Å². The molecule has 3 rings (SSSR count). The molecule has 0 amide bonds. The largest absolute Gasteiger partial charge is 0.393 e. The number of esters is 2. The average molecular weight is 275 g/mol. The first kappa shape index (κ1) is 13.3. The van der Waals surface area contributed by atoms with Crippen LogP contribution < -0.4 is 0 Å². The summed E-state index contributed by atoms with van der Waals surface area (Å²) in [4.78, 5) is 25.0. The predicted molar refractivity (Wildman–Crippen MR) is 70.7 cm³/mol. The van der Waals surface area contributed by atoms with Gasteiger partial charge in [0.05, 0.1) is 25.0 Å². The van der Waals surface area contributed by atoms with Crippen molar-refractivity contribution in [3.05, 3.63) is 35.9 Å². The van der Waals surface area contributed by atoms with E-state index in [9.17, 15) is 9.59 Å². The monoisotopic (exact) mass is 275 g/mol. The van der Waals surface area contributed by atoms with Crippen molar-refractivity contribution >= 4 is 11.9 Å². The van der Waals surface area contributed by atoms with E-state index in [-0.39, 0.29) is 12.5 Å². The zero-order valence-corrected chi connectivity index (χ0v) is 11.2. The van der Waals surface area contributed by atoms with E-state index in [1.807, 2.05) is 18.2 Å². The Labute approximate surface area is 117 Å². The summed E-state index contributed by atoms with van der Waals surface area (Å²) in [5, 5.41) is 0. The molecule has 1 aromatic rings. The van der Waals surface area contributed by atoms with E-state index < -0.39 is 17.9 Å². The van der Waals surface area contributed by atoms with Crippen LogP contribution in [0.15, 0.2) is 30.3 Å². The Bertz CT molecular complexity index is 502. The van der Waals surface area contributed by atoms with Crippen molar-refractivity contribution in [2.75, 3.05) is 19.7 Å². The van der Waals surface area contributed by atoms with Gasteiger partial charge in [0.25, 0.3) is 0 Å². The highest BCUT2D eigenvalue weighted by molar-refractivity contribution is 5.95. The van der Waals surface area contributed by atoms with Gasteiger partial charge in [-0.2, -0.15) is 0 Å².